The van der Waals surface area contributed by atoms with Crippen molar-refractivity contribution in [3.63, 3.8) is 0 Å². The highest BCUT2D eigenvalue weighted by atomic mass is 19.4. The molecule has 1 heterocycles. The minimum atomic E-state index is -4.45. The topological polar surface area (TPSA) is 51.2 Å². The van der Waals surface area contributed by atoms with Gasteiger partial charge < -0.3 is 10.1 Å². The number of nitrogens with zero attached hydrogens (tertiary/aromatic N) is 1. The number of carbonyl (C=O) groups excluding carboxylic acids is 1. The zero-order chi connectivity index (χ0) is 17.6. The van der Waals surface area contributed by atoms with E-state index in [0.29, 0.717) is 5.56 Å². The van der Waals surface area contributed by atoms with Crippen LogP contribution in [-0.2, 0) is 17.5 Å². The van der Waals surface area contributed by atoms with E-state index in [-0.39, 0.29) is 30.5 Å². The first kappa shape index (κ1) is 17.5. The van der Waals surface area contributed by atoms with Gasteiger partial charge in [-0.25, -0.2) is 4.98 Å². The van der Waals surface area contributed by atoms with Crippen molar-refractivity contribution in [2.24, 2.45) is 0 Å². The molecule has 24 heavy (non-hydrogen) atoms. The van der Waals surface area contributed by atoms with E-state index in [1.807, 2.05) is 0 Å². The fourth-order valence-corrected chi connectivity index (χ4v) is 1.90. The van der Waals surface area contributed by atoms with Crippen LogP contribution in [0.4, 0.5) is 13.2 Å². The molecule has 0 fully saturated rings. The van der Waals surface area contributed by atoms with Gasteiger partial charge in [-0.3, -0.25) is 4.79 Å². The van der Waals surface area contributed by atoms with Crippen LogP contribution in [0.5, 0.6) is 11.6 Å². The van der Waals surface area contributed by atoms with E-state index >= 15 is 0 Å². The van der Waals surface area contributed by atoms with Crippen LogP contribution >= 0.6 is 0 Å². The number of nitrogens with one attached hydrogen (secondary N) is 1. The zero-order valence-corrected chi connectivity index (χ0v) is 12.6. The van der Waals surface area contributed by atoms with Gasteiger partial charge in [-0.05, 0) is 24.3 Å². The van der Waals surface area contributed by atoms with Crippen molar-refractivity contribution in [3.05, 3.63) is 66.4 Å². The summed E-state index contributed by atoms with van der Waals surface area (Å²) in [5.41, 5.74) is -0.260. The van der Waals surface area contributed by atoms with E-state index in [2.05, 4.69) is 16.9 Å². The van der Waals surface area contributed by atoms with Crippen molar-refractivity contribution in [1.29, 1.82) is 0 Å². The molecule has 0 saturated heterocycles. The number of halogens is 3. The van der Waals surface area contributed by atoms with Crippen molar-refractivity contribution < 1.29 is 22.7 Å². The average Bonchev–Trinajstić information content (AvgIpc) is 2.54. The Kier molecular flexibility index (Phi) is 5.57. The molecule has 0 spiro atoms. The van der Waals surface area contributed by atoms with E-state index in [4.69, 9.17) is 4.74 Å². The smallest absolute Gasteiger partial charge is 0.416 e. The predicted octanol–water partition coefficient (Wildman–Crippen LogP) is 4.09. The Hall–Kier alpha value is -2.83. The Morgan fingerprint density at radius 1 is 1.29 bits per heavy atom. The number of benzene rings is 1. The van der Waals surface area contributed by atoms with Crippen LogP contribution in [0.3, 0.4) is 0 Å². The molecule has 1 aromatic carbocycles. The number of ether oxygens (including phenoxy) is 1. The van der Waals surface area contributed by atoms with Crippen LogP contribution in [0.25, 0.3) is 0 Å². The Morgan fingerprint density at radius 2 is 2.08 bits per heavy atom. The number of rotatable bonds is 6. The standard InChI is InChI=1S/C17H15F3N2O2/c1-2-5-15(23)22-11-12-6-4-9-21-16(12)24-14-8-3-7-13(10-14)17(18,19)20/h2-4,6-10H,1,5,11H2,(H,22,23). The van der Waals surface area contributed by atoms with Crippen LogP contribution < -0.4 is 10.1 Å². The number of aromatic nitrogens is 1. The highest BCUT2D eigenvalue weighted by molar-refractivity contribution is 5.77. The maximum atomic E-state index is 12.7. The van der Waals surface area contributed by atoms with Crippen LogP contribution in [0.1, 0.15) is 17.5 Å². The van der Waals surface area contributed by atoms with Crippen LogP contribution in [0, 0.1) is 0 Å². The predicted molar refractivity (Wildman–Crippen MR) is 82.4 cm³/mol. The van der Waals surface area contributed by atoms with Gasteiger partial charge >= 0.3 is 6.18 Å². The van der Waals surface area contributed by atoms with Crippen molar-refractivity contribution in [1.82, 2.24) is 10.3 Å². The zero-order valence-electron chi connectivity index (χ0n) is 12.6. The van der Waals surface area contributed by atoms with Crippen molar-refractivity contribution >= 4 is 5.91 Å². The van der Waals surface area contributed by atoms with E-state index in [1.54, 1.807) is 12.1 Å². The van der Waals surface area contributed by atoms with Crippen LogP contribution in [-0.4, -0.2) is 10.9 Å². The van der Waals surface area contributed by atoms with Gasteiger partial charge in [-0.2, -0.15) is 13.2 Å². The van der Waals surface area contributed by atoms with Crippen molar-refractivity contribution in [3.8, 4) is 11.6 Å². The first-order chi connectivity index (χ1) is 11.4. The molecule has 0 aliphatic rings. The van der Waals surface area contributed by atoms with Gasteiger partial charge in [-0.15, -0.1) is 6.58 Å². The summed E-state index contributed by atoms with van der Waals surface area (Å²) in [6, 6.07) is 7.84. The van der Waals surface area contributed by atoms with Gasteiger partial charge in [0, 0.05) is 24.7 Å². The van der Waals surface area contributed by atoms with Crippen molar-refractivity contribution in [2.75, 3.05) is 0 Å². The van der Waals surface area contributed by atoms with Gasteiger partial charge in [-0.1, -0.05) is 18.2 Å². The minimum absolute atomic E-state index is 0.0159. The fourth-order valence-electron chi connectivity index (χ4n) is 1.90. The average molecular weight is 336 g/mol. The molecule has 4 nitrogen and oxygen atoms in total. The molecule has 0 radical (unpaired) electrons. The third-order valence-electron chi connectivity index (χ3n) is 3.03. The van der Waals surface area contributed by atoms with Gasteiger partial charge in [0.25, 0.3) is 0 Å². The lowest BCUT2D eigenvalue weighted by atomic mass is 10.2. The lowest BCUT2D eigenvalue weighted by Gasteiger charge is -2.12. The Balaban J connectivity index is 2.15. The minimum Gasteiger partial charge on any atom is -0.439 e. The molecule has 1 amide bonds. The number of hydrogen-bond acceptors (Lipinski definition) is 3. The van der Waals surface area contributed by atoms with Gasteiger partial charge in [0.05, 0.1) is 5.56 Å². The normalized spacial score (nSPS) is 11.0. The summed E-state index contributed by atoms with van der Waals surface area (Å²) in [5.74, 6) is -0.0724. The molecule has 126 valence electrons. The molecular weight excluding hydrogens is 321 g/mol. The molecule has 7 heteroatoms. The first-order valence-electron chi connectivity index (χ1n) is 7.06. The molecule has 0 aliphatic carbocycles. The summed E-state index contributed by atoms with van der Waals surface area (Å²) in [4.78, 5) is 15.5. The highest BCUT2D eigenvalue weighted by Gasteiger charge is 2.30. The highest BCUT2D eigenvalue weighted by Crippen LogP contribution is 2.32. The second kappa shape index (κ2) is 7.63. The largest absolute Gasteiger partial charge is 0.439 e. The molecule has 1 aromatic heterocycles. The summed E-state index contributed by atoms with van der Waals surface area (Å²) in [6.07, 6.45) is -1.36. The van der Waals surface area contributed by atoms with E-state index < -0.39 is 11.7 Å². The monoisotopic (exact) mass is 336 g/mol. The number of pyridine rings is 1. The molecule has 1 N–H and O–H groups in total. The second-order valence-corrected chi connectivity index (χ2v) is 4.86. The number of carbonyl (C=O) groups is 1. The third kappa shape index (κ3) is 4.84. The lowest BCUT2D eigenvalue weighted by molar-refractivity contribution is -0.137. The Bertz CT molecular complexity index is 730. The summed E-state index contributed by atoms with van der Waals surface area (Å²) >= 11 is 0. The molecule has 0 unspecified atom stereocenters. The van der Waals surface area contributed by atoms with E-state index in [1.165, 1.54) is 24.4 Å². The molecule has 0 aliphatic heterocycles. The summed E-state index contributed by atoms with van der Waals surface area (Å²) < 4.78 is 43.7. The number of alkyl halides is 3. The number of amides is 1. The Morgan fingerprint density at radius 3 is 2.79 bits per heavy atom. The second-order valence-electron chi connectivity index (χ2n) is 4.86. The van der Waals surface area contributed by atoms with Gasteiger partial charge in [0.1, 0.15) is 5.75 Å². The first-order valence-corrected chi connectivity index (χ1v) is 7.06. The molecule has 0 bridgehead atoms. The summed E-state index contributed by atoms with van der Waals surface area (Å²) in [6.45, 7) is 3.61. The van der Waals surface area contributed by atoms with Gasteiger partial charge in [0.2, 0.25) is 11.8 Å². The van der Waals surface area contributed by atoms with Crippen LogP contribution in [0.15, 0.2) is 55.3 Å². The molecule has 2 aromatic rings. The fraction of sp³-hybridized carbons (Fsp3) is 0.176. The molecular formula is C17H15F3N2O2. The summed E-state index contributed by atoms with van der Waals surface area (Å²) in [7, 11) is 0. The summed E-state index contributed by atoms with van der Waals surface area (Å²) in [5, 5.41) is 2.65. The SMILES string of the molecule is C=CCC(=O)NCc1cccnc1Oc1cccc(C(F)(F)F)c1. The molecule has 0 saturated carbocycles. The molecule has 2 rings (SSSR count). The Labute approximate surface area is 137 Å². The maximum Gasteiger partial charge on any atom is 0.416 e. The van der Waals surface area contributed by atoms with Crippen molar-refractivity contribution in [2.45, 2.75) is 19.1 Å². The molecule has 0 atom stereocenters. The van der Waals surface area contributed by atoms with Gasteiger partial charge in [0.15, 0.2) is 0 Å². The van der Waals surface area contributed by atoms with Crippen LogP contribution in [0.2, 0.25) is 0 Å². The van der Waals surface area contributed by atoms with E-state index in [0.717, 1.165) is 12.1 Å². The third-order valence-corrected chi connectivity index (χ3v) is 3.03. The lowest BCUT2D eigenvalue weighted by Crippen LogP contribution is -2.22. The van der Waals surface area contributed by atoms with E-state index in [9.17, 15) is 18.0 Å². The number of hydrogen-bond donors (Lipinski definition) is 1. The quantitative estimate of drug-likeness (QED) is 0.809. The maximum absolute atomic E-state index is 12.7.